The molecule has 6 heteroatoms. The Morgan fingerprint density at radius 1 is 0.848 bits per heavy atom. The standard InChI is InChI=1S/C27H34N2O3S/c1-22-20-27(2)24-16-10-11-17-25(24)29(26(27)30)19-13-6-4-3-5-12-18-28(21-22)33(31,32)23-14-8-7-9-15-23/h7-11,14-17H,1,3-6,12-13,18-21H2,2H3. The number of benzene rings is 2. The molecule has 2 heterocycles. The van der Waals surface area contributed by atoms with E-state index in [0.717, 1.165) is 61.9 Å². The van der Waals surface area contributed by atoms with Crippen molar-refractivity contribution in [1.29, 1.82) is 0 Å². The van der Waals surface area contributed by atoms with Crippen molar-refractivity contribution < 1.29 is 13.2 Å². The highest BCUT2D eigenvalue weighted by Crippen LogP contribution is 2.45. The first-order chi connectivity index (χ1) is 15.8. The number of para-hydroxylation sites is 1. The number of hydrogen-bond acceptors (Lipinski definition) is 3. The topological polar surface area (TPSA) is 57.7 Å². The number of anilines is 1. The Labute approximate surface area is 198 Å². The number of carbonyl (C=O) groups is 1. The molecule has 2 aliphatic heterocycles. The van der Waals surface area contributed by atoms with Crippen LogP contribution in [-0.4, -0.2) is 38.3 Å². The van der Waals surface area contributed by atoms with Crippen LogP contribution in [-0.2, 0) is 20.2 Å². The third-order valence-electron chi connectivity index (χ3n) is 6.93. The maximum atomic E-state index is 13.6. The van der Waals surface area contributed by atoms with Crippen molar-refractivity contribution in [3.8, 4) is 0 Å². The first-order valence-electron chi connectivity index (χ1n) is 12.0. The van der Waals surface area contributed by atoms with E-state index in [-0.39, 0.29) is 12.5 Å². The molecule has 5 nitrogen and oxygen atoms in total. The van der Waals surface area contributed by atoms with Crippen LogP contribution in [0.4, 0.5) is 5.69 Å². The minimum absolute atomic E-state index is 0.0946. The summed E-state index contributed by atoms with van der Waals surface area (Å²) in [6, 6.07) is 16.6. The lowest BCUT2D eigenvalue weighted by molar-refractivity contribution is -0.122. The summed E-state index contributed by atoms with van der Waals surface area (Å²) >= 11 is 0. The van der Waals surface area contributed by atoms with Crippen LogP contribution in [0.15, 0.2) is 71.6 Å². The minimum atomic E-state index is -3.64. The maximum absolute atomic E-state index is 13.6. The van der Waals surface area contributed by atoms with E-state index >= 15 is 0 Å². The first kappa shape index (κ1) is 23.7. The molecule has 0 aliphatic carbocycles. The van der Waals surface area contributed by atoms with Crippen LogP contribution in [0.1, 0.15) is 57.4 Å². The summed E-state index contributed by atoms with van der Waals surface area (Å²) in [5.74, 6) is 0.0946. The predicted molar refractivity (Wildman–Crippen MR) is 133 cm³/mol. The third kappa shape index (κ3) is 4.78. The number of rotatable bonds is 2. The van der Waals surface area contributed by atoms with Crippen LogP contribution in [0.3, 0.4) is 0 Å². The zero-order chi connectivity index (χ0) is 23.5. The van der Waals surface area contributed by atoms with Gasteiger partial charge in [-0.1, -0.05) is 74.2 Å². The summed E-state index contributed by atoms with van der Waals surface area (Å²) in [7, 11) is -3.64. The van der Waals surface area contributed by atoms with Gasteiger partial charge in [0.15, 0.2) is 0 Å². The van der Waals surface area contributed by atoms with E-state index in [1.54, 1.807) is 28.6 Å². The summed E-state index contributed by atoms with van der Waals surface area (Å²) in [5.41, 5.74) is 2.03. The lowest BCUT2D eigenvalue weighted by atomic mass is 9.78. The van der Waals surface area contributed by atoms with Crippen LogP contribution < -0.4 is 4.90 Å². The Balaban J connectivity index is 1.65. The van der Waals surface area contributed by atoms with Gasteiger partial charge in [0, 0.05) is 25.3 Å². The average Bonchev–Trinajstić information content (AvgIpc) is 3.01. The van der Waals surface area contributed by atoms with Crippen LogP contribution in [0, 0.1) is 0 Å². The maximum Gasteiger partial charge on any atom is 0.243 e. The van der Waals surface area contributed by atoms with Gasteiger partial charge in [0.1, 0.15) is 0 Å². The van der Waals surface area contributed by atoms with E-state index in [0.29, 0.717) is 17.9 Å². The summed E-state index contributed by atoms with van der Waals surface area (Å²) in [6.45, 7) is 7.65. The highest BCUT2D eigenvalue weighted by atomic mass is 32.2. The van der Waals surface area contributed by atoms with E-state index < -0.39 is 15.4 Å². The molecule has 1 fully saturated rings. The molecule has 2 aromatic rings. The van der Waals surface area contributed by atoms with E-state index in [2.05, 4.69) is 6.58 Å². The van der Waals surface area contributed by atoms with E-state index in [1.165, 1.54) is 0 Å². The normalized spacial score (nSPS) is 23.6. The molecule has 2 aliphatic rings. The fourth-order valence-corrected chi connectivity index (χ4v) is 6.71. The molecule has 1 amide bonds. The molecule has 2 bridgehead atoms. The van der Waals surface area contributed by atoms with Gasteiger partial charge in [0.25, 0.3) is 0 Å². The van der Waals surface area contributed by atoms with Crippen LogP contribution in [0.5, 0.6) is 0 Å². The van der Waals surface area contributed by atoms with Crippen molar-refractivity contribution in [2.75, 3.05) is 24.5 Å². The number of sulfonamides is 1. The number of carbonyl (C=O) groups excluding carboxylic acids is 1. The van der Waals surface area contributed by atoms with Crippen molar-refractivity contribution >= 4 is 21.6 Å². The summed E-state index contributed by atoms with van der Waals surface area (Å²) in [5, 5.41) is 0. The van der Waals surface area contributed by atoms with Crippen LogP contribution in [0.25, 0.3) is 0 Å². The molecule has 1 unspecified atom stereocenters. The highest BCUT2D eigenvalue weighted by molar-refractivity contribution is 7.89. The van der Waals surface area contributed by atoms with Gasteiger partial charge in [0.05, 0.1) is 10.3 Å². The van der Waals surface area contributed by atoms with Gasteiger partial charge in [0.2, 0.25) is 15.9 Å². The molecule has 2 aromatic carbocycles. The lowest BCUT2D eigenvalue weighted by Crippen LogP contribution is -2.40. The molecule has 0 aromatic heterocycles. The quantitative estimate of drug-likeness (QED) is 0.566. The summed E-state index contributed by atoms with van der Waals surface area (Å²) in [6.07, 6.45) is 6.47. The van der Waals surface area contributed by atoms with Gasteiger partial charge in [-0.2, -0.15) is 4.31 Å². The Hall–Kier alpha value is -2.44. The Morgan fingerprint density at radius 2 is 1.45 bits per heavy atom. The molecular weight excluding hydrogens is 432 g/mol. The van der Waals surface area contributed by atoms with Gasteiger partial charge in [-0.3, -0.25) is 4.79 Å². The van der Waals surface area contributed by atoms with Gasteiger partial charge in [-0.25, -0.2) is 8.42 Å². The smallest absolute Gasteiger partial charge is 0.243 e. The van der Waals surface area contributed by atoms with Crippen molar-refractivity contribution in [1.82, 2.24) is 4.31 Å². The molecule has 1 atom stereocenters. The Bertz CT molecular complexity index is 1110. The average molecular weight is 467 g/mol. The summed E-state index contributed by atoms with van der Waals surface area (Å²) < 4.78 is 28.4. The molecule has 0 saturated carbocycles. The fraction of sp³-hybridized carbons (Fsp3) is 0.444. The van der Waals surface area contributed by atoms with Gasteiger partial charge >= 0.3 is 0 Å². The van der Waals surface area contributed by atoms with Crippen molar-refractivity contribution in [3.63, 3.8) is 0 Å². The largest absolute Gasteiger partial charge is 0.311 e. The number of fused-ring (bicyclic) bond motifs is 5. The number of hydrogen-bond donors (Lipinski definition) is 0. The van der Waals surface area contributed by atoms with E-state index in [1.807, 2.05) is 42.2 Å². The second-order valence-corrected chi connectivity index (χ2v) is 11.4. The minimum Gasteiger partial charge on any atom is -0.311 e. The molecule has 33 heavy (non-hydrogen) atoms. The Kier molecular flexibility index (Phi) is 7.05. The Morgan fingerprint density at radius 3 is 2.18 bits per heavy atom. The van der Waals surface area contributed by atoms with Crippen LogP contribution in [0.2, 0.25) is 0 Å². The molecular formula is C27H34N2O3S. The molecule has 0 N–H and O–H groups in total. The van der Waals surface area contributed by atoms with Crippen molar-refractivity contribution in [3.05, 3.63) is 72.3 Å². The molecule has 176 valence electrons. The first-order valence-corrected chi connectivity index (χ1v) is 13.4. The van der Waals surface area contributed by atoms with Gasteiger partial charge in [-0.05, 0) is 49.9 Å². The number of amides is 1. The van der Waals surface area contributed by atoms with Crippen LogP contribution >= 0.6 is 0 Å². The molecule has 4 rings (SSSR count). The third-order valence-corrected chi connectivity index (χ3v) is 8.79. The molecule has 0 spiro atoms. The van der Waals surface area contributed by atoms with E-state index in [4.69, 9.17) is 0 Å². The monoisotopic (exact) mass is 466 g/mol. The number of nitrogens with zero attached hydrogens (tertiary/aromatic N) is 2. The second-order valence-electron chi connectivity index (χ2n) is 9.51. The summed E-state index contributed by atoms with van der Waals surface area (Å²) in [4.78, 5) is 15.9. The zero-order valence-electron chi connectivity index (χ0n) is 19.5. The van der Waals surface area contributed by atoms with Gasteiger partial charge < -0.3 is 4.90 Å². The lowest BCUT2D eigenvalue weighted by Gasteiger charge is -2.28. The molecule has 1 saturated heterocycles. The fourth-order valence-electron chi connectivity index (χ4n) is 5.19. The van der Waals surface area contributed by atoms with Gasteiger partial charge in [-0.15, -0.1) is 0 Å². The zero-order valence-corrected chi connectivity index (χ0v) is 20.3. The van der Waals surface area contributed by atoms with E-state index in [9.17, 15) is 13.2 Å². The highest BCUT2D eigenvalue weighted by Gasteiger charge is 2.47. The predicted octanol–water partition coefficient (Wildman–Crippen LogP) is 5.28. The molecule has 0 radical (unpaired) electrons. The SMILES string of the molecule is C=C1CN(S(=O)(=O)c2ccccc2)CCCCCCCCN2C(=O)C(C)(C1)c1ccccc12. The van der Waals surface area contributed by atoms with Crippen molar-refractivity contribution in [2.24, 2.45) is 0 Å². The second kappa shape index (κ2) is 9.82. The van der Waals surface area contributed by atoms with Crippen molar-refractivity contribution in [2.45, 2.75) is 62.2 Å².